The zero-order valence-electron chi connectivity index (χ0n) is 11.5. The third-order valence-electron chi connectivity index (χ3n) is 3.75. The summed E-state index contributed by atoms with van der Waals surface area (Å²) < 4.78 is 10.7. The second-order valence-electron chi connectivity index (χ2n) is 5.12. The van der Waals surface area contributed by atoms with Crippen LogP contribution in [0.25, 0.3) is 0 Å². The molecule has 1 aromatic carbocycles. The number of hydrogen-bond donors (Lipinski definition) is 0. The molecule has 3 heteroatoms. The maximum atomic E-state index is 11.5. The zero-order chi connectivity index (χ0) is 13.5. The molecule has 1 aromatic rings. The normalized spacial score (nSPS) is 23.0. The molecule has 1 aliphatic rings. The van der Waals surface area contributed by atoms with Crippen molar-refractivity contribution in [2.24, 2.45) is 5.92 Å². The van der Waals surface area contributed by atoms with Crippen LogP contribution in [0.4, 0.5) is 0 Å². The van der Waals surface area contributed by atoms with E-state index in [4.69, 9.17) is 9.47 Å². The van der Waals surface area contributed by atoms with E-state index in [1.165, 1.54) is 12.7 Å². The standard InChI is InChI=1S/C16H22O3/c1-18-16(17)14-8-5-9-15(12-14)19-11-10-13-6-3-2-4-7-13/h2-4,6-7,14-15H,5,8-12H2,1H3/t14-,15+/m0/s1. The van der Waals surface area contributed by atoms with Crippen LogP contribution in [-0.4, -0.2) is 25.8 Å². The van der Waals surface area contributed by atoms with E-state index in [2.05, 4.69) is 12.1 Å². The van der Waals surface area contributed by atoms with E-state index in [-0.39, 0.29) is 18.0 Å². The van der Waals surface area contributed by atoms with Crippen molar-refractivity contribution in [1.82, 2.24) is 0 Å². The second-order valence-corrected chi connectivity index (χ2v) is 5.12. The molecule has 0 N–H and O–H groups in total. The molecule has 0 aromatic heterocycles. The number of esters is 1. The fourth-order valence-corrected chi connectivity index (χ4v) is 2.67. The average Bonchev–Trinajstić information content (AvgIpc) is 2.48. The first-order valence-electron chi connectivity index (χ1n) is 7.03. The van der Waals surface area contributed by atoms with E-state index in [1.54, 1.807) is 0 Å². The SMILES string of the molecule is COC(=O)[C@H]1CCC[C@@H](OCCc2ccccc2)C1. The summed E-state index contributed by atoms with van der Waals surface area (Å²) in [5, 5.41) is 0. The molecule has 1 saturated carbocycles. The van der Waals surface area contributed by atoms with Crippen LogP contribution in [0.15, 0.2) is 30.3 Å². The highest BCUT2D eigenvalue weighted by molar-refractivity contribution is 5.72. The van der Waals surface area contributed by atoms with Crippen molar-refractivity contribution in [2.45, 2.75) is 38.2 Å². The Morgan fingerprint density at radius 1 is 1.26 bits per heavy atom. The van der Waals surface area contributed by atoms with Gasteiger partial charge in [0.05, 0.1) is 25.7 Å². The predicted molar refractivity (Wildman–Crippen MR) is 73.9 cm³/mol. The lowest BCUT2D eigenvalue weighted by Gasteiger charge is -2.27. The molecule has 0 amide bonds. The summed E-state index contributed by atoms with van der Waals surface area (Å²) in [6.45, 7) is 0.725. The van der Waals surface area contributed by atoms with Crippen LogP contribution < -0.4 is 0 Å². The van der Waals surface area contributed by atoms with Gasteiger partial charge in [-0.1, -0.05) is 36.8 Å². The Hall–Kier alpha value is -1.35. The summed E-state index contributed by atoms with van der Waals surface area (Å²) in [6.07, 6.45) is 4.99. The largest absolute Gasteiger partial charge is 0.469 e. The molecule has 2 rings (SSSR count). The minimum atomic E-state index is -0.0867. The number of benzene rings is 1. The summed E-state index contributed by atoms with van der Waals surface area (Å²) in [5.74, 6) is -0.0585. The van der Waals surface area contributed by atoms with Gasteiger partial charge >= 0.3 is 5.97 Å². The van der Waals surface area contributed by atoms with Gasteiger partial charge in [-0.2, -0.15) is 0 Å². The molecular weight excluding hydrogens is 240 g/mol. The number of carbonyl (C=O) groups is 1. The third-order valence-corrected chi connectivity index (χ3v) is 3.75. The molecule has 0 aliphatic heterocycles. The van der Waals surface area contributed by atoms with E-state index in [1.807, 2.05) is 18.2 Å². The van der Waals surface area contributed by atoms with E-state index >= 15 is 0 Å². The van der Waals surface area contributed by atoms with Crippen LogP contribution in [0.5, 0.6) is 0 Å². The fourth-order valence-electron chi connectivity index (χ4n) is 2.67. The predicted octanol–water partition coefficient (Wildman–Crippen LogP) is 2.98. The molecule has 1 fully saturated rings. The number of methoxy groups -OCH3 is 1. The van der Waals surface area contributed by atoms with Crippen molar-refractivity contribution in [3.63, 3.8) is 0 Å². The highest BCUT2D eigenvalue weighted by Crippen LogP contribution is 2.27. The summed E-state index contributed by atoms with van der Waals surface area (Å²) in [6, 6.07) is 10.3. The number of ether oxygens (including phenoxy) is 2. The van der Waals surface area contributed by atoms with E-state index in [0.29, 0.717) is 0 Å². The van der Waals surface area contributed by atoms with Gasteiger partial charge < -0.3 is 9.47 Å². The van der Waals surface area contributed by atoms with Crippen LogP contribution in [0.3, 0.4) is 0 Å². The van der Waals surface area contributed by atoms with Gasteiger partial charge in [0.1, 0.15) is 0 Å². The molecule has 1 aliphatic carbocycles. The molecule has 0 spiro atoms. The molecule has 3 nitrogen and oxygen atoms in total. The van der Waals surface area contributed by atoms with Crippen molar-refractivity contribution in [3.05, 3.63) is 35.9 Å². The topological polar surface area (TPSA) is 35.5 Å². The third kappa shape index (κ3) is 4.35. The van der Waals surface area contributed by atoms with Crippen molar-refractivity contribution < 1.29 is 14.3 Å². The smallest absolute Gasteiger partial charge is 0.308 e. The Labute approximate surface area is 114 Å². The van der Waals surface area contributed by atoms with Crippen molar-refractivity contribution in [1.29, 1.82) is 0 Å². The second kappa shape index (κ2) is 7.29. The van der Waals surface area contributed by atoms with Crippen LogP contribution in [0.1, 0.15) is 31.2 Å². The first-order chi connectivity index (χ1) is 9.29. The molecule has 0 saturated heterocycles. The molecular formula is C16H22O3. The summed E-state index contributed by atoms with van der Waals surface area (Å²) >= 11 is 0. The van der Waals surface area contributed by atoms with Gasteiger partial charge in [0.15, 0.2) is 0 Å². The molecule has 0 heterocycles. The molecule has 0 radical (unpaired) electrons. The van der Waals surface area contributed by atoms with Crippen LogP contribution in [0, 0.1) is 5.92 Å². The first kappa shape index (κ1) is 14.1. The fraction of sp³-hybridized carbons (Fsp3) is 0.562. The molecule has 0 unspecified atom stereocenters. The Morgan fingerprint density at radius 2 is 2.05 bits per heavy atom. The Kier molecular flexibility index (Phi) is 5.40. The van der Waals surface area contributed by atoms with Gasteiger partial charge in [-0.25, -0.2) is 0 Å². The molecule has 104 valence electrons. The Bertz CT molecular complexity index is 388. The number of rotatable bonds is 5. The van der Waals surface area contributed by atoms with Crippen molar-refractivity contribution in [3.8, 4) is 0 Å². The van der Waals surface area contributed by atoms with Crippen LogP contribution >= 0.6 is 0 Å². The average molecular weight is 262 g/mol. The molecule has 19 heavy (non-hydrogen) atoms. The van der Waals surface area contributed by atoms with Crippen molar-refractivity contribution in [2.75, 3.05) is 13.7 Å². The van der Waals surface area contributed by atoms with Gasteiger partial charge in [0.25, 0.3) is 0 Å². The number of hydrogen-bond acceptors (Lipinski definition) is 3. The minimum absolute atomic E-state index is 0.0282. The maximum Gasteiger partial charge on any atom is 0.308 e. The van der Waals surface area contributed by atoms with Gasteiger partial charge in [0, 0.05) is 0 Å². The number of carbonyl (C=O) groups excluding carboxylic acids is 1. The Balaban J connectivity index is 1.72. The summed E-state index contributed by atoms with van der Waals surface area (Å²) in [7, 11) is 1.46. The van der Waals surface area contributed by atoms with E-state index in [0.717, 1.165) is 38.7 Å². The van der Waals surface area contributed by atoms with Gasteiger partial charge in [-0.05, 0) is 31.2 Å². The van der Waals surface area contributed by atoms with Gasteiger partial charge in [-0.3, -0.25) is 4.79 Å². The van der Waals surface area contributed by atoms with Gasteiger partial charge in [0.2, 0.25) is 0 Å². The van der Waals surface area contributed by atoms with E-state index < -0.39 is 0 Å². The quantitative estimate of drug-likeness (QED) is 0.765. The summed E-state index contributed by atoms with van der Waals surface area (Å²) in [4.78, 5) is 11.5. The van der Waals surface area contributed by atoms with Crippen molar-refractivity contribution >= 4 is 5.97 Å². The lowest BCUT2D eigenvalue weighted by Crippen LogP contribution is -2.29. The van der Waals surface area contributed by atoms with Crippen LogP contribution in [-0.2, 0) is 20.7 Å². The minimum Gasteiger partial charge on any atom is -0.469 e. The van der Waals surface area contributed by atoms with Gasteiger partial charge in [-0.15, -0.1) is 0 Å². The zero-order valence-corrected chi connectivity index (χ0v) is 11.5. The highest BCUT2D eigenvalue weighted by atomic mass is 16.5. The summed E-state index contributed by atoms with van der Waals surface area (Å²) in [5.41, 5.74) is 1.29. The Morgan fingerprint density at radius 3 is 2.79 bits per heavy atom. The lowest BCUT2D eigenvalue weighted by molar-refractivity contribution is -0.148. The first-order valence-corrected chi connectivity index (χ1v) is 7.03. The monoisotopic (exact) mass is 262 g/mol. The lowest BCUT2D eigenvalue weighted by atomic mass is 9.87. The van der Waals surface area contributed by atoms with E-state index in [9.17, 15) is 4.79 Å². The molecule has 0 bridgehead atoms. The van der Waals surface area contributed by atoms with Crippen LogP contribution in [0.2, 0.25) is 0 Å². The molecule has 2 atom stereocenters. The highest BCUT2D eigenvalue weighted by Gasteiger charge is 2.28. The maximum absolute atomic E-state index is 11.5.